The van der Waals surface area contributed by atoms with Gasteiger partial charge in [0.15, 0.2) is 0 Å². The minimum absolute atomic E-state index is 0.356. The molecule has 0 spiro atoms. The molecule has 2 rings (SSSR count). The third-order valence-corrected chi connectivity index (χ3v) is 4.52. The van der Waals surface area contributed by atoms with Crippen molar-refractivity contribution in [3.63, 3.8) is 0 Å². The zero-order valence-electron chi connectivity index (χ0n) is 11.9. The fourth-order valence-corrected chi connectivity index (χ4v) is 3.34. The second-order valence-electron chi connectivity index (χ2n) is 5.51. The topological polar surface area (TPSA) is 29.5 Å². The molecule has 20 heavy (non-hydrogen) atoms. The summed E-state index contributed by atoms with van der Waals surface area (Å²) in [6.45, 7) is 2.54. The van der Waals surface area contributed by atoms with Crippen LogP contribution >= 0.6 is 11.6 Å². The van der Waals surface area contributed by atoms with Crippen molar-refractivity contribution >= 4 is 11.6 Å². The predicted octanol–water partition coefficient (Wildman–Crippen LogP) is 4.12. The number of benzene rings is 1. The first-order valence-electron chi connectivity index (χ1n) is 7.33. The van der Waals surface area contributed by atoms with E-state index in [1.54, 1.807) is 6.07 Å². The molecule has 1 aromatic rings. The van der Waals surface area contributed by atoms with E-state index in [4.69, 9.17) is 16.3 Å². The minimum Gasteiger partial charge on any atom is -0.390 e. The fraction of sp³-hybridized carbons (Fsp3) is 0.625. The molecule has 0 saturated heterocycles. The average molecular weight is 301 g/mol. The maximum absolute atomic E-state index is 13.1. The molecule has 1 unspecified atom stereocenters. The van der Waals surface area contributed by atoms with Crippen LogP contribution in [0.15, 0.2) is 18.2 Å². The van der Waals surface area contributed by atoms with Gasteiger partial charge in [-0.15, -0.1) is 0 Å². The predicted molar refractivity (Wildman–Crippen MR) is 78.6 cm³/mol. The van der Waals surface area contributed by atoms with Crippen LogP contribution in [-0.4, -0.2) is 23.4 Å². The Balaban J connectivity index is 2.13. The maximum Gasteiger partial charge on any atom is 0.124 e. The lowest BCUT2D eigenvalue weighted by Crippen LogP contribution is -2.47. The van der Waals surface area contributed by atoms with Crippen LogP contribution in [0, 0.1) is 5.82 Å². The van der Waals surface area contributed by atoms with Crippen molar-refractivity contribution in [2.24, 2.45) is 0 Å². The molecule has 1 aromatic carbocycles. The first kappa shape index (κ1) is 15.7. The number of ether oxygens (including phenoxy) is 1. The van der Waals surface area contributed by atoms with Crippen LogP contribution in [-0.2, 0) is 11.2 Å². The standard InChI is InChI=1S/C16H22ClFO2/c1-2-20-16(8-4-3-5-9-16)15(19)10-12-6-7-13(18)11-14(12)17/h6-7,11,15,19H,2-5,8-10H2,1H3. The molecule has 0 heterocycles. The Morgan fingerprint density at radius 1 is 1.35 bits per heavy atom. The van der Waals surface area contributed by atoms with Crippen molar-refractivity contribution in [3.05, 3.63) is 34.6 Å². The first-order valence-corrected chi connectivity index (χ1v) is 7.71. The Morgan fingerprint density at radius 2 is 2.05 bits per heavy atom. The largest absolute Gasteiger partial charge is 0.390 e. The van der Waals surface area contributed by atoms with Crippen molar-refractivity contribution in [1.29, 1.82) is 0 Å². The van der Waals surface area contributed by atoms with Gasteiger partial charge in [-0.3, -0.25) is 0 Å². The minimum atomic E-state index is -0.606. The highest BCUT2D eigenvalue weighted by atomic mass is 35.5. The molecule has 0 radical (unpaired) electrons. The summed E-state index contributed by atoms with van der Waals surface area (Å²) in [4.78, 5) is 0. The summed E-state index contributed by atoms with van der Waals surface area (Å²) in [7, 11) is 0. The van der Waals surface area contributed by atoms with E-state index in [1.807, 2.05) is 6.92 Å². The summed E-state index contributed by atoms with van der Waals surface area (Å²) in [6.07, 6.45) is 4.90. The van der Waals surface area contributed by atoms with E-state index in [2.05, 4.69) is 0 Å². The number of hydrogen-bond acceptors (Lipinski definition) is 2. The summed E-state index contributed by atoms with van der Waals surface area (Å²) in [5.74, 6) is -0.356. The second-order valence-corrected chi connectivity index (χ2v) is 5.92. The summed E-state index contributed by atoms with van der Waals surface area (Å²) < 4.78 is 19.0. The van der Waals surface area contributed by atoms with E-state index in [9.17, 15) is 9.50 Å². The Morgan fingerprint density at radius 3 is 2.65 bits per heavy atom. The molecule has 0 aromatic heterocycles. The van der Waals surface area contributed by atoms with Crippen LogP contribution < -0.4 is 0 Å². The molecule has 1 fully saturated rings. The van der Waals surface area contributed by atoms with Gasteiger partial charge in [0.2, 0.25) is 0 Å². The van der Waals surface area contributed by atoms with Crippen molar-refractivity contribution in [3.8, 4) is 0 Å². The van der Waals surface area contributed by atoms with E-state index in [-0.39, 0.29) is 5.82 Å². The van der Waals surface area contributed by atoms with Gasteiger partial charge >= 0.3 is 0 Å². The van der Waals surface area contributed by atoms with Crippen LogP contribution in [0.2, 0.25) is 5.02 Å². The Labute approximate surface area is 124 Å². The molecule has 1 N–H and O–H groups in total. The lowest BCUT2D eigenvalue weighted by atomic mass is 9.78. The zero-order chi connectivity index (χ0) is 14.6. The van der Waals surface area contributed by atoms with E-state index in [0.717, 1.165) is 31.2 Å². The number of halogens is 2. The molecule has 1 aliphatic carbocycles. The maximum atomic E-state index is 13.1. The fourth-order valence-electron chi connectivity index (χ4n) is 3.09. The molecule has 0 amide bonds. The smallest absolute Gasteiger partial charge is 0.124 e. The van der Waals surface area contributed by atoms with Gasteiger partial charge in [-0.05, 0) is 37.5 Å². The van der Waals surface area contributed by atoms with Crippen molar-refractivity contribution < 1.29 is 14.2 Å². The van der Waals surface area contributed by atoms with E-state index in [1.165, 1.54) is 18.6 Å². The highest BCUT2D eigenvalue weighted by Crippen LogP contribution is 2.36. The molecule has 112 valence electrons. The molecule has 1 atom stereocenters. The van der Waals surface area contributed by atoms with Gasteiger partial charge in [0.25, 0.3) is 0 Å². The van der Waals surface area contributed by atoms with Gasteiger partial charge in [-0.2, -0.15) is 0 Å². The molecule has 1 aliphatic rings. The van der Waals surface area contributed by atoms with Crippen LogP contribution in [0.25, 0.3) is 0 Å². The molecule has 2 nitrogen and oxygen atoms in total. The highest BCUT2D eigenvalue weighted by Gasteiger charge is 2.39. The zero-order valence-corrected chi connectivity index (χ0v) is 12.6. The third kappa shape index (κ3) is 3.51. The van der Waals surface area contributed by atoms with Gasteiger partial charge < -0.3 is 9.84 Å². The lowest BCUT2D eigenvalue weighted by Gasteiger charge is -2.41. The Kier molecular flexibility index (Phi) is 5.42. The van der Waals surface area contributed by atoms with Gasteiger partial charge in [0.05, 0.1) is 11.7 Å². The van der Waals surface area contributed by atoms with Crippen molar-refractivity contribution in [1.82, 2.24) is 0 Å². The van der Waals surface area contributed by atoms with Crippen LogP contribution in [0.1, 0.15) is 44.6 Å². The quantitative estimate of drug-likeness (QED) is 0.886. The summed E-state index contributed by atoms with van der Waals surface area (Å²) in [5, 5.41) is 11.0. The lowest BCUT2D eigenvalue weighted by molar-refractivity contribution is -0.138. The third-order valence-electron chi connectivity index (χ3n) is 4.17. The van der Waals surface area contributed by atoms with Gasteiger partial charge in [0, 0.05) is 18.1 Å². The highest BCUT2D eigenvalue weighted by molar-refractivity contribution is 6.31. The summed E-state index contributed by atoms with van der Waals surface area (Å²) >= 11 is 6.04. The number of aliphatic hydroxyl groups excluding tert-OH is 1. The number of rotatable bonds is 5. The summed E-state index contributed by atoms with van der Waals surface area (Å²) in [5.41, 5.74) is 0.301. The van der Waals surface area contributed by atoms with Gasteiger partial charge in [0.1, 0.15) is 5.82 Å². The van der Waals surface area contributed by atoms with E-state index >= 15 is 0 Å². The average Bonchev–Trinajstić information content (AvgIpc) is 2.43. The Hall–Kier alpha value is -0.640. The van der Waals surface area contributed by atoms with Crippen molar-refractivity contribution in [2.45, 2.75) is 57.2 Å². The van der Waals surface area contributed by atoms with Gasteiger partial charge in [-0.25, -0.2) is 4.39 Å². The number of hydrogen-bond donors (Lipinski definition) is 1. The molecule has 0 aliphatic heterocycles. The molecule has 0 bridgehead atoms. The Bertz CT molecular complexity index is 439. The van der Waals surface area contributed by atoms with Crippen LogP contribution in [0.4, 0.5) is 4.39 Å². The monoisotopic (exact) mass is 300 g/mol. The molecular formula is C16H22ClFO2. The summed E-state index contributed by atoms with van der Waals surface area (Å²) in [6, 6.07) is 4.31. The van der Waals surface area contributed by atoms with Crippen LogP contribution in [0.3, 0.4) is 0 Å². The first-order chi connectivity index (χ1) is 9.57. The van der Waals surface area contributed by atoms with E-state index in [0.29, 0.717) is 18.1 Å². The van der Waals surface area contributed by atoms with Crippen molar-refractivity contribution in [2.75, 3.05) is 6.61 Å². The normalized spacial score (nSPS) is 19.8. The SMILES string of the molecule is CCOC1(C(O)Cc2ccc(F)cc2Cl)CCCCC1. The van der Waals surface area contributed by atoms with Gasteiger partial charge in [-0.1, -0.05) is 36.9 Å². The molecule has 1 saturated carbocycles. The van der Waals surface area contributed by atoms with E-state index < -0.39 is 11.7 Å². The van der Waals surface area contributed by atoms with Crippen LogP contribution in [0.5, 0.6) is 0 Å². The molecule has 4 heteroatoms. The number of aliphatic hydroxyl groups is 1. The molecular weight excluding hydrogens is 279 g/mol. The second kappa shape index (κ2) is 6.88.